The number of rotatable bonds is 3. The van der Waals surface area contributed by atoms with E-state index in [9.17, 15) is 4.79 Å². The Morgan fingerprint density at radius 3 is 2.62 bits per heavy atom. The minimum atomic E-state index is -0.0615. The number of fused-ring (bicyclic) bond motifs is 1. The van der Waals surface area contributed by atoms with Crippen molar-refractivity contribution in [2.75, 3.05) is 18.0 Å². The Kier molecular flexibility index (Phi) is 4.02. The van der Waals surface area contributed by atoms with Gasteiger partial charge in [0.25, 0.3) is 5.56 Å². The second-order valence-electron chi connectivity index (χ2n) is 8.12. The van der Waals surface area contributed by atoms with Gasteiger partial charge in [0.05, 0.1) is 12.2 Å². The molecule has 1 saturated heterocycles. The highest BCUT2D eigenvalue weighted by molar-refractivity contribution is 5.92. The third-order valence-corrected chi connectivity index (χ3v) is 4.98. The first-order valence-electron chi connectivity index (χ1n) is 9.09. The number of pyridine rings is 1. The van der Waals surface area contributed by atoms with E-state index < -0.39 is 0 Å². The summed E-state index contributed by atoms with van der Waals surface area (Å²) in [6.07, 6.45) is 1.86. The molecule has 0 amide bonds. The molecule has 3 aromatic rings. The molecule has 0 spiro atoms. The van der Waals surface area contributed by atoms with E-state index >= 15 is 0 Å². The summed E-state index contributed by atoms with van der Waals surface area (Å²) in [5.74, 6) is 1.44. The van der Waals surface area contributed by atoms with Crippen LogP contribution in [0.2, 0.25) is 0 Å². The van der Waals surface area contributed by atoms with Gasteiger partial charge in [-0.2, -0.15) is 5.10 Å². The van der Waals surface area contributed by atoms with Gasteiger partial charge >= 0.3 is 0 Å². The van der Waals surface area contributed by atoms with Gasteiger partial charge in [0.2, 0.25) is 0 Å². The maximum absolute atomic E-state index is 12.2. The largest absolute Gasteiger partial charge is 0.355 e. The summed E-state index contributed by atoms with van der Waals surface area (Å²) in [7, 11) is 0. The van der Waals surface area contributed by atoms with Gasteiger partial charge in [0.15, 0.2) is 0 Å². The maximum Gasteiger partial charge on any atom is 0.266 e. The van der Waals surface area contributed by atoms with E-state index in [0.29, 0.717) is 12.5 Å². The topological polar surface area (TPSA) is 51.0 Å². The summed E-state index contributed by atoms with van der Waals surface area (Å²) < 4.78 is 1.62. The second kappa shape index (κ2) is 6.24. The van der Waals surface area contributed by atoms with Crippen LogP contribution in [0.25, 0.3) is 10.8 Å². The summed E-state index contributed by atoms with van der Waals surface area (Å²) in [5.41, 5.74) is 0.859. The van der Waals surface area contributed by atoms with E-state index in [1.54, 1.807) is 10.7 Å². The van der Waals surface area contributed by atoms with Crippen molar-refractivity contribution in [2.24, 2.45) is 5.92 Å². The highest BCUT2D eigenvalue weighted by Gasteiger charge is 2.30. The van der Waals surface area contributed by atoms with Crippen LogP contribution >= 0.6 is 0 Å². The molecule has 1 aliphatic heterocycles. The molecule has 1 fully saturated rings. The third-order valence-electron chi connectivity index (χ3n) is 4.98. The van der Waals surface area contributed by atoms with Crippen LogP contribution in [0.1, 0.15) is 26.5 Å². The molecule has 1 aromatic carbocycles. The van der Waals surface area contributed by atoms with Crippen molar-refractivity contribution in [2.45, 2.75) is 32.7 Å². The van der Waals surface area contributed by atoms with Gasteiger partial charge in [-0.3, -0.25) is 4.79 Å². The Morgan fingerprint density at radius 2 is 1.85 bits per heavy atom. The van der Waals surface area contributed by atoms with E-state index in [-0.39, 0.29) is 11.0 Å². The zero-order valence-electron chi connectivity index (χ0n) is 15.5. The Bertz CT molecular complexity index is 991. The van der Waals surface area contributed by atoms with Crippen LogP contribution in [0.5, 0.6) is 0 Å². The fourth-order valence-corrected chi connectivity index (χ4v) is 3.44. The molecule has 0 bridgehead atoms. The van der Waals surface area contributed by atoms with Crippen molar-refractivity contribution in [3.8, 4) is 0 Å². The van der Waals surface area contributed by atoms with Gasteiger partial charge in [-0.1, -0.05) is 45.0 Å². The smallest absolute Gasteiger partial charge is 0.266 e. The van der Waals surface area contributed by atoms with Gasteiger partial charge in [0, 0.05) is 42.1 Å². The molecule has 0 unspecified atom stereocenters. The molecule has 0 saturated carbocycles. The minimum Gasteiger partial charge on any atom is -0.355 e. The Hall–Kier alpha value is -2.69. The van der Waals surface area contributed by atoms with E-state index in [4.69, 9.17) is 0 Å². The fraction of sp³-hybridized carbons (Fsp3) is 0.381. The number of benzene rings is 1. The van der Waals surface area contributed by atoms with Crippen molar-refractivity contribution >= 4 is 16.6 Å². The molecule has 3 heterocycles. The second-order valence-corrected chi connectivity index (χ2v) is 8.12. The molecule has 0 aliphatic carbocycles. The standard InChI is InChI=1S/C21H24N4O/c1-21(2,3)18-8-9-19(26)25(23-18)14-15-12-24(13-15)20-17-7-5-4-6-16(17)10-11-22-20/h4-11,15H,12-14H2,1-3H3. The third kappa shape index (κ3) is 3.09. The Morgan fingerprint density at radius 1 is 1.08 bits per heavy atom. The highest BCUT2D eigenvalue weighted by Crippen LogP contribution is 2.30. The highest BCUT2D eigenvalue weighted by atomic mass is 16.1. The van der Waals surface area contributed by atoms with E-state index in [0.717, 1.165) is 24.6 Å². The normalized spacial score (nSPS) is 15.3. The van der Waals surface area contributed by atoms with Crippen molar-refractivity contribution in [3.63, 3.8) is 0 Å². The van der Waals surface area contributed by atoms with Crippen molar-refractivity contribution in [1.82, 2.24) is 14.8 Å². The molecule has 5 heteroatoms. The lowest BCUT2D eigenvalue weighted by molar-refractivity contribution is 0.328. The van der Waals surface area contributed by atoms with E-state index in [1.807, 2.05) is 30.5 Å². The molecule has 0 atom stereocenters. The molecule has 0 N–H and O–H groups in total. The first-order chi connectivity index (χ1) is 12.4. The Labute approximate surface area is 153 Å². The van der Waals surface area contributed by atoms with Crippen LogP contribution in [-0.4, -0.2) is 27.9 Å². The van der Waals surface area contributed by atoms with Crippen LogP contribution in [0.15, 0.2) is 53.5 Å². The lowest BCUT2D eigenvalue weighted by Gasteiger charge is -2.40. The first-order valence-corrected chi connectivity index (χ1v) is 9.09. The molecule has 134 valence electrons. The van der Waals surface area contributed by atoms with Gasteiger partial charge in [-0.25, -0.2) is 9.67 Å². The SMILES string of the molecule is CC(C)(C)c1ccc(=O)n(CC2CN(c3nccc4ccccc34)C2)n1. The van der Waals surface area contributed by atoms with E-state index in [1.165, 1.54) is 10.8 Å². The first kappa shape index (κ1) is 16.8. The lowest BCUT2D eigenvalue weighted by atomic mass is 9.92. The minimum absolute atomic E-state index is 0.0280. The van der Waals surface area contributed by atoms with Gasteiger partial charge in [-0.05, 0) is 17.5 Å². The molecular weight excluding hydrogens is 324 g/mol. The molecule has 26 heavy (non-hydrogen) atoms. The van der Waals surface area contributed by atoms with Gasteiger partial charge < -0.3 is 4.90 Å². The summed E-state index contributed by atoms with van der Waals surface area (Å²) in [4.78, 5) is 19.0. The van der Waals surface area contributed by atoms with Crippen LogP contribution < -0.4 is 10.5 Å². The van der Waals surface area contributed by atoms with Crippen LogP contribution in [0, 0.1) is 5.92 Å². The predicted octanol–water partition coefficient (Wildman–Crippen LogP) is 3.23. The van der Waals surface area contributed by atoms with Gasteiger partial charge in [0.1, 0.15) is 5.82 Å². The van der Waals surface area contributed by atoms with Crippen LogP contribution in [0.3, 0.4) is 0 Å². The monoisotopic (exact) mass is 348 g/mol. The summed E-state index contributed by atoms with van der Waals surface area (Å²) in [5, 5.41) is 6.97. The number of hydrogen-bond acceptors (Lipinski definition) is 4. The van der Waals surface area contributed by atoms with Gasteiger partial charge in [-0.15, -0.1) is 0 Å². The number of aromatic nitrogens is 3. The number of anilines is 1. The van der Waals surface area contributed by atoms with Crippen LogP contribution in [-0.2, 0) is 12.0 Å². The number of nitrogens with zero attached hydrogens (tertiary/aromatic N) is 4. The summed E-state index contributed by atoms with van der Waals surface area (Å²) >= 11 is 0. The maximum atomic E-state index is 12.2. The van der Waals surface area contributed by atoms with Crippen molar-refractivity contribution in [1.29, 1.82) is 0 Å². The summed E-state index contributed by atoms with van der Waals surface area (Å²) in [6, 6.07) is 13.8. The molecule has 5 nitrogen and oxygen atoms in total. The number of hydrogen-bond donors (Lipinski definition) is 0. The van der Waals surface area contributed by atoms with Crippen molar-refractivity contribution < 1.29 is 0 Å². The fourth-order valence-electron chi connectivity index (χ4n) is 3.44. The van der Waals surface area contributed by atoms with Crippen LogP contribution in [0.4, 0.5) is 5.82 Å². The van der Waals surface area contributed by atoms with E-state index in [2.05, 4.69) is 47.9 Å². The zero-order valence-corrected chi connectivity index (χ0v) is 15.5. The molecule has 1 aliphatic rings. The molecule has 4 rings (SSSR count). The quantitative estimate of drug-likeness (QED) is 0.729. The van der Waals surface area contributed by atoms with Crippen molar-refractivity contribution in [3.05, 3.63) is 64.7 Å². The lowest BCUT2D eigenvalue weighted by Crippen LogP contribution is -2.50. The predicted molar refractivity (Wildman–Crippen MR) is 105 cm³/mol. The summed E-state index contributed by atoms with van der Waals surface area (Å²) in [6.45, 7) is 8.79. The molecule has 2 aromatic heterocycles. The Balaban J connectivity index is 1.50. The molecule has 0 radical (unpaired) electrons. The zero-order chi connectivity index (χ0) is 18.3. The average Bonchev–Trinajstić information content (AvgIpc) is 2.58. The molecular formula is C21H24N4O. The average molecular weight is 348 g/mol.